The Morgan fingerprint density at radius 1 is 1.26 bits per heavy atom. The molecule has 0 aromatic carbocycles. The zero-order chi connectivity index (χ0) is 19.3. The molecule has 2 aliphatic rings. The molecule has 5 nitrogen and oxygen atoms in total. The number of nitrogens with zero attached hydrogens (tertiary/aromatic N) is 3. The van der Waals surface area contributed by atoms with E-state index in [-0.39, 0.29) is 0 Å². The van der Waals surface area contributed by atoms with Crippen LogP contribution in [0.25, 0.3) is 5.57 Å². The Balaban J connectivity index is 1.89. The minimum atomic E-state index is -1.48. The standard InChI is InChI=1S/C21H25N5Si/c1-27(2,3)14-12-17-9-6-10-19(24-17)18(15-22)20-11-13-23-21(26-20)25-16-7-4-5-8-16/h6,9-11,13,16H,4-5,7-8H2,1-3H3,(H2,23,25,26). The van der Waals surface area contributed by atoms with Crippen molar-refractivity contribution in [2.24, 2.45) is 4.99 Å². The summed E-state index contributed by atoms with van der Waals surface area (Å²) in [7, 11) is -1.48. The van der Waals surface area contributed by atoms with Gasteiger partial charge in [-0.15, -0.1) is 5.54 Å². The van der Waals surface area contributed by atoms with Crippen LogP contribution >= 0.6 is 0 Å². The zero-order valence-electron chi connectivity index (χ0n) is 16.1. The Bertz CT molecular complexity index is 897. The summed E-state index contributed by atoms with van der Waals surface area (Å²) in [5.74, 6) is 3.85. The summed E-state index contributed by atoms with van der Waals surface area (Å²) in [6.45, 7) is 6.59. The Labute approximate surface area is 162 Å². The predicted octanol–water partition coefficient (Wildman–Crippen LogP) is 3.55. The normalized spacial score (nSPS) is 20.3. The Morgan fingerprint density at radius 2 is 2.04 bits per heavy atom. The van der Waals surface area contributed by atoms with Gasteiger partial charge in [-0.3, -0.25) is 0 Å². The zero-order valence-corrected chi connectivity index (χ0v) is 17.1. The minimum absolute atomic E-state index is 0.358. The lowest BCUT2D eigenvalue weighted by molar-refractivity contribution is 0.696. The fourth-order valence-corrected chi connectivity index (χ4v) is 3.49. The fraction of sp³-hybridized carbons (Fsp3) is 0.381. The molecule has 1 saturated carbocycles. The van der Waals surface area contributed by atoms with Gasteiger partial charge >= 0.3 is 0 Å². The smallest absolute Gasteiger partial charge is 0.200 e. The maximum atomic E-state index is 9.74. The van der Waals surface area contributed by atoms with E-state index in [1.54, 1.807) is 0 Å². The molecule has 1 aliphatic carbocycles. The van der Waals surface area contributed by atoms with Crippen LogP contribution in [0.2, 0.25) is 19.6 Å². The van der Waals surface area contributed by atoms with Gasteiger partial charge in [-0.1, -0.05) is 44.5 Å². The Morgan fingerprint density at radius 3 is 2.74 bits per heavy atom. The van der Waals surface area contributed by atoms with E-state index in [2.05, 4.69) is 52.8 Å². The molecule has 1 aliphatic heterocycles. The molecular formula is C21H25N5Si. The van der Waals surface area contributed by atoms with Gasteiger partial charge in [0.1, 0.15) is 25.4 Å². The van der Waals surface area contributed by atoms with Crippen molar-refractivity contribution in [3.63, 3.8) is 0 Å². The van der Waals surface area contributed by atoms with Gasteiger partial charge in [0.15, 0.2) is 5.96 Å². The average Bonchev–Trinajstić information content (AvgIpc) is 3.14. The molecule has 0 spiro atoms. The lowest BCUT2D eigenvalue weighted by atomic mass is 10.1. The molecular weight excluding hydrogens is 350 g/mol. The second-order valence-electron chi connectivity index (χ2n) is 7.83. The quantitative estimate of drug-likeness (QED) is 0.471. The Hall–Kier alpha value is -2.83. The second kappa shape index (κ2) is 8.24. The predicted molar refractivity (Wildman–Crippen MR) is 112 cm³/mol. The van der Waals surface area contributed by atoms with Crippen LogP contribution in [-0.4, -0.2) is 25.1 Å². The van der Waals surface area contributed by atoms with E-state index in [0.717, 1.165) is 12.8 Å². The summed E-state index contributed by atoms with van der Waals surface area (Å²) in [5.41, 5.74) is 5.83. The molecule has 1 aromatic rings. The van der Waals surface area contributed by atoms with Gasteiger partial charge in [0.05, 0.1) is 17.4 Å². The molecule has 2 heterocycles. The summed E-state index contributed by atoms with van der Waals surface area (Å²) in [6, 6.07) is 8.26. The number of hydrogen-bond acceptors (Lipinski definition) is 3. The van der Waals surface area contributed by atoms with Crippen molar-refractivity contribution in [1.82, 2.24) is 15.6 Å². The highest BCUT2D eigenvalue weighted by atomic mass is 28.3. The number of pyridine rings is 1. The van der Waals surface area contributed by atoms with E-state index in [1.165, 1.54) is 12.8 Å². The number of allylic oxidation sites excluding steroid dienone is 2. The van der Waals surface area contributed by atoms with Gasteiger partial charge in [0.2, 0.25) is 0 Å². The SMILES string of the molecule is C[Si](C)(C)C#Cc1cccc(C(C#N)=C2C=CNC(=NC3CCCC3)N2)n1. The van der Waals surface area contributed by atoms with Crippen LogP contribution in [0.5, 0.6) is 0 Å². The summed E-state index contributed by atoms with van der Waals surface area (Å²) in [4.78, 5) is 9.32. The molecule has 6 heteroatoms. The molecule has 3 rings (SSSR count). The first kappa shape index (κ1) is 18.9. The first-order valence-corrected chi connectivity index (χ1v) is 12.9. The maximum Gasteiger partial charge on any atom is 0.200 e. The maximum absolute atomic E-state index is 9.74. The monoisotopic (exact) mass is 375 g/mol. The molecule has 0 amide bonds. The van der Waals surface area contributed by atoms with Gasteiger partial charge in [-0.2, -0.15) is 5.26 Å². The van der Waals surface area contributed by atoms with E-state index >= 15 is 0 Å². The van der Waals surface area contributed by atoms with E-state index in [0.29, 0.717) is 34.7 Å². The fourth-order valence-electron chi connectivity index (χ4n) is 2.99. The first-order valence-electron chi connectivity index (χ1n) is 9.37. The molecule has 1 aromatic heterocycles. The van der Waals surface area contributed by atoms with E-state index in [4.69, 9.17) is 4.99 Å². The third kappa shape index (κ3) is 5.32. The summed E-state index contributed by atoms with van der Waals surface area (Å²) in [6.07, 6.45) is 8.37. The number of nitriles is 1. The van der Waals surface area contributed by atoms with Crippen molar-refractivity contribution < 1.29 is 0 Å². The van der Waals surface area contributed by atoms with Crippen molar-refractivity contribution >= 4 is 19.6 Å². The van der Waals surface area contributed by atoms with Crippen LogP contribution in [0.1, 0.15) is 37.1 Å². The van der Waals surface area contributed by atoms with Crippen molar-refractivity contribution in [2.75, 3.05) is 0 Å². The number of nitrogens with one attached hydrogen (secondary N) is 2. The van der Waals surface area contributed by atoms with Crippen molar-refractivity contribution in [1.29, 1.82) is 5.26 Å². The van der Waals surface area contributed by atoms with Crippen LogP contribution in [0.4, 0.5) is 0 Å². The second-order valence-corrected chi connectivity index (χ2v) is 12.6. The van der Waals surface area contributed by atoms with Crippen LogP contribution < -0.4 is 10.6 Å². The minimum Gasteiger partial charge on any atom is -0.333 e. The molecule has 0 saturated heterocycles. The van der Waals surface area contributed by atoms with Crippen LogP contribution in [0.3, 0.4) is 0 Å². The van der Waals surface area contributed by atoms with Crippen LogP contribution in [-0.2, 0) is 0 Å². The molecule has 0 unspecified atom stereocenters. The first-order chi connectivity index (χ1) is 12.9. The lowest BCUT2D eigenvalue weighted by Gasteiger charge is -2.18. The number of hydrogen-bond donors (Lipinski definition) is 2. The van der Waals surface area contributed by atoms with Crippen molar-refractivity contribution in [2.45, 2.75) is 51.4 Å². The highest BCUT2D eigenvalue weighted by Gasteiger charge is 2.18. The topological polar surface area (TPSA) is 73.1 Å². The van der Waals surface area contributed by atoms with Gasteiger partial charge in [-0.05, 0) is 31.1 Å². The van der Waals surface area contributed by atoms with Crippen LogP contribution in [0.15, 0.2) is 41.2 Å². The van der Waals surface area contributed by atoms with Gasteiger partial charge < -0.3 is 10.6 Å². The molecule has 0 atom stereocenters. The molecule has 1 fully saturated rings. The third-order valence-corrected chi connectivity index (χ3v) is 5.19. The number of aromatic nitrogens is 1. The molecule has 2 N–H and O–H groups in total. The number of guanidine groups is 1. The Kier molecular flexibility index (Phi) is 5.78. The van der Waals surface area contributed by atoms with E-state index in [1.807, 2.05) is 30.5 Å². The molecule has 0 bridgehead atoms. The highest BCUT2D eigenvalue weighted by molar-refractivity contribution is 6.83. The molecule has 0 radical (unpaired) electrons. The van der Waals surface area contributed by atoms with Gasteiger partial charge in [0, 0.05) is 6.20 Å². The number of aliphatic imine (C=N–C) groups is 1. The van der Waals surface area contributed by atoms with E-state index < -0.39 is 8.07 Å². The average molecular weight is 376 g/mol. The lowest BCUT2D eigenvalue weighted by Crippen LogP contribution is -2.38. The summed E-state index contributed by atoms with van der Waals surface area (Å²) >= 11 is 0. The molecule has 27 heavy (non-hydrogen) atoms. The summed E-state index contributed by atoms with van der Waals surface area (Å²) in [5, 5.41) is 16.1. The van der Waals surface area contributed by atoms with Crippen molar-refractivity contribution in [3.05, 3.63) is 47.6 Å². The van der Waals surface area contributed by atoms with Gasteiger partial charge in [0.25, 0.3) is 0 Å². The van der Waals surface area contributed by atoms with Crippen LogP contribution in [0, 0.1) is 22.8 Å². The van der Waals surface area contributed by atoms with Crippen molar-refractivity contribution in [3.8, 4) is 17.5 Å². The largest absolute Gasteiger partial charge is 0.333 e. The van der Waals surface area contributed by atoms with E-state index in [9.17, 15) is 5.26 Å². The molecule has 138 valence electrons. The third-order valence-electron chi connectivity index (χ3n) is 4.31. The number of rotatable bonds is 2. The van der Waals surface area contributed by atoms with Gasteiger partial charge in [-0.25, -0.2) is 9.98 Å². The highest BCUT2D eigenvalue weighted by Crippen LogP contribution is 2.22. The summed E-state index contributed by atoms with van der Waals surface area (Å²) < 4.78 is 0.